The molecule has 0 aliphatic heterocycles. The minimum absolute atomic E-state index is 0.119. The SMILES string of the molecule is CC/C=C\C/C=C\C/C=C\C/C=C\C/C=C\C/C=C\CCC(=O)OC(COC(=O)CCCCCCC/C=C\CCC)COC(=O)CCCCCCCCCCC/C=C\C/C=C\C/C=C\C/C=C\C/C=C\CC. The molecule has 0 aromatic carbocycles. The van der Waals surface area contributed by atoms with Crippen LogP contribution in [0.2, 0.25) is 0 Å². The number of rotatable bonds is 50. The maximum absolute atomic E-state index is 12.8. The van der Waals surface area contributed by atoms with Gasteiger partial charge < -0.3 is 14.2 Å². The number of ether oxygens (including phenoxy) is 3. The molecule has 0 aromatic rings. The van der Waals surface area contributed by atoms with Gasteiger partial charge in [-0.2, -0.15) is 0 Å². The Morgan fingerprint density at radius 3 is 0.917 bits per heavy atom. The first-order chi connectivity index (χ1) is 35.5. The zero-order chi connectivity index (χ0) is 52.2. The average Bonchev–Trinajstić information content (AvgIpc) is 3.38. The molecule has 72 heavy (non-hydrogen) atoms. The van der Waals surface area contributed by atoms with Gasteiger partial charge in [0.2, 0.25) is 0 Å². The zero-order valence-electron chi connectivity index (χ0n) is 46.1. The van der Waals surface area contributed by atoms with Crippen LogP contribution in [0.5, 0.6) is 0 Å². The summed E-state index contributed by atoms with van der Waals surface area (Å²) in [5.74, 6) is -1.03. The van der Waals surface area contributed by atoms with Gasteiger partial charge >= 0.3 is 17.9 Å². The van der Waals surface area contributed by atoms with E-state index in [1.807, 2.05) is 12.2 Å². The van der Waals surface area contributed by atoms with Gasteiger partial charge in [0.1, 0.15) is 13.2 Å². The molecule has 0 amide bonds. The normalized spacial score (nSPS) is 13.2. The summed E-state index contributed by atoms with van der Waals surface area (Å²) in [4.78, 5) is 38.1. The van der Waals surface area contributed by atoms with E-state index in [0.29, 0.717) is 19.3 Å². The lowest BCUT2D eigenvalue weighted by molar-refractivity contribution is -0.166. The maximum Gasteiger partial charge on any atom is 0.306 e. The van der Waals surface area contributed by atoms with Crippen LogP contribution in [-0.2, 0) is 28.6 Å². The van der Waals surface area contributed by atoms with Crippen LogP contribution in [-0.4, -0.2) is 37.2 Å². The molecule has 0 saturated heterocycles. The van der Waals surface area contributed by atoms with E-state index in [1.165, 1.54) is 51.4 Å². The van der Waals surface area contributed by atoms with Crippen LogP contribution in [0.25, 0.3) is 0 Å². The lowest BCUT2D eigenvalue weighted by Gasteiger charge is -2.18. The van der Waals surface area contributed by atoms with Crippen molar-refractivity contribution in [1.82, 2.24) is 0 Å². The summed E-state index contributed by atoms with van der Waals surface area (Å²) in [5.41, 5.74) is 0. The first-order valence-corrected chi connectivity index (χ1v) is 28.8. The Morgan fingerprint density at radius 2 is 0.569 bits per heavy atom. The van der Waals surface area contributed by atoms with E-state index >= 15 is 0 Å². The number of unbranched alkanes of at least 4 members (excludes halogenated alkanes) is 15. The fourth-order valence-electron chi connectivity index (χ4n) is 7.32. The second-order valence-electron chi connectivity index (χ2n) is 18.4. The Kier molecular flexibility index (Phi) is 55.0. The van der Waals surface area contributed by atoms with E-state index in [9.17, 15) is 14.4 Å². The van der Waals surface area contributed by atoms with Gasteiger partial charge in [-0.3, -0.25) is 14.4 Å². The van der Waals surface area contributed by atoms with Crippen LogP contribution in [0.15, 0.2) is 146 Å². The molecule has 0 saturated carbocycles. The predicted molar refractivity (Wildman–Crippen MR) is 311 cm³/mol. The maximum atomic E-state index is 12.8. The highest BCUT2D eigenvalue weighted by Gasteiger charge is 2.19. The van der Waals surface area contributed by atoms with E-state index in [4.69, 9.17) is 14.2 Å². The van der Waals surface area contributed by atoms with Crippen molar-refractivity contribution in [2.75, 3.05) is 13.2 Å². The number of carbonyl (C=O) groups excluding carboxylic acids is 3. The topological polar surface area (TPSA) is 78.9 Å². The van der Waals surface area contributed by atoms with Crippen molar-refractivity contribution in [3.63, 3.8) is 0 Å². The summed E-state index contributed by atoms with van der Waals surface area (Å²) in [6, 6.07) is 0. The third kappa shape index (κ3) is 56.2. The van der Waals surface area contributed by atoms with Gasteiger partial charge in [0.15, 0.2) is 6.10 Å². The highest BCUT2D eigenvalue weighted by molar-refractivity contribution is 5.71. The number of hydrogen-bond donors (Lipinski definition) is 0. The van der Waals surface area contributed by atoms with Crippen molar-refractivity contribution in [2.45, 2.75) is 239 Å². The van der Waals surface area contributed by atoms with E-state index in [-0.39, 0.29) is 31.6 Å². The zero-order valence-corrected chi connectivity index (χ0v) is 46.1. The fraction of sp³-hybridized carbons (Fsp3) is 0.591. The molecule has 0 radical (unpaired) electrons. The summed E-state index contributed by atoms with van der Waals surface area (Å²) in [6.45, 7) is 6.26. The lowest BCUT2D eigenvalue weighted by atomic mass is 10.1. The summed E-state index contributed by atoms with van der Waals surface area (Å²) in [7, 11) is 0. The van der Waals surface area contributed by atoms with E-state index in [0.717, 1.165) is 135 Å². The molecule has 0 aromatic heterocycles. The van der Waals surface area contributed by atoms with Crippen LogP contribution in [0.4, 0.5) is 0 Å². The summed E-state index contributed by atoms with van der Waals surface area (Å²) >= 11 is 0. The van der Waals surface area contributed by atoms with Crippen molar-refractivity contribution < 1.29 is 28.6 Å². The first kappa shape index (κ1) is 67.3. The first-order valence-electron chi connectivity index (χ1n) is 28.8. The van der Waals surface area contributed by atoms with Gasteiger partial charge in [0, 0.05) is 19.3 Å². The van der Waals surface area contributed by atoms with E-state index in [2.05, 4.69) is 154 Å². The van der Waals surface area contributed by atoms with Gasteiger partial charge in [-0.25, -0.2) is 0 Å². The molecular weight excluding hydrogens is 889 g/mol. The Labute approximate surface area is 442 Å². The number of esters is 3. The van der Waals surface area contributed by atoms with E-state index in [1.54, 1.807) is 0 Å². The molecule has 0 aliphatic rings. The van der Waals surface area contributed by atoms with Crippen molar-refractivity contribution in [1.29, 1.82) is 0 Å². The molecule has 6 heteroatoms. The Morgan fingerprint density at radius 1 is 0.292 bits per heavy atom. The van der Waals surface area contributed by atoms with Gasteiger partial charge in [-0.1, -0.05) is 237 Å². The largest absolute Gasteiger partial charge is 0.462 e. The van der Waals surface area contributed by atoms with Gasteiger partial charge in [-0.15, -0.1) is 0 Å². The van der Waals surface area contributed by atoms with Crippen LogP contribution >= 0.6 is 0 Å². The third-order valence-corrected chi connectivity index (χ3v) is 11.6. The van der Waals surface area contributed by atoms with E-state index < -0.39 is 12.1 Å². The molecule has 0 bridgehead atoms. The molecule has 0 rings (SSSR count). The van der Waals surface area contributed by atoms with Crippen molar-refractivity contribution in [3.05, 3.63) is 146 Å². The Bertz CT molecular complexity index is 1610. The monoisotopic (exact) mass is 993 g/mol. The average molecular weight is 994 g/mol. The second-order valence-corrected chi connectivity index (χ2v) is 18.4. The molecule has 0 aliphatic carbocycles. The van der Waals surface area contributed by atoms with Crippen molar-refractivity contribution in [2.24, 2.45) is 0 Å². The molecule has 6 nitrogen and oxygen atoms in total. The number of hydrogen-bond acceptors (Lipinski definition) is 6. The standard InChI is InChI=1S/C66H104O6/c1-4-7-10-13-16-19-22-24-26-28-30-31-32-33-34-35-37-38-40-42-44-47-50-53-56-59-65(68)71-62-63(61-70-64(67)58-55-52-49-46-21-18-15-12-9-6-3)72-66(69)60-57-54-51-48-45-43-41-39-36-29-27-25-23-20-17-14-11-8-5-2/h7-8,10-12,15-17,19-20,24-27,30-31,33-34,36,39,43,45,51,54,63H,4-6,9,13-14,18,21-23,28-29,32,35,37-38,40-42,44,46-50,52-53,55-62H2,1-3H3/b10-7-,11-8-,15-12-,19-16-,20-17-,26-24-,27-25-,31-30-,34-33-,39-36-,45-43-,54-51-. The Balaban J connectivity index is 4.42. The molecule has 1 unspecified atom stereocenters. The molecule has 404 valence electrons. The summed E-state index contributed by atoms with van der Waals surface area (Å²) in [5, 5.41) is 0. The second kappa shape index (κ2) is 58.9. The quantitative estimate of drug-likeness (QED) is 0.0261. The number of allylic oxidation sites excluding steroid dienone is 24. The van der Waals surface area contributed by atoms with Crippen LogP contribution in [0.3, 0.4) is 0 Å². The molecule has 0 heterocycles. The Hall–Kier alpha value is -4.71. The van der Waals surface area contributed by atoms with Gasteiger partial charge in [0.05, 0.1) is 0 Å². The fourth-order valence-corrected chi connectivity index (χ4v) is 7.32. The highest BCUT2D eigenvalue weighted by Crippen LogP contribution is 2.14. The minimum atomic E-state index is -0.830. The van der Waals surface area contributed by atoms with Crippen molar-refractivity contribution in [3.8, 4) is 0 Å². The van der Waals surface area contributed by atoms with Crippen LogP contribution < -0.4 is 0 Å². The highest BCUT2D eigenvalue weighted by atomic mass is 16.6. The molecular formula is C66H104O6. The van der Waals surface area contributed by atoms with Crippen LogP contribution in [0, 0.1) is 0 Å². The summed E-state index contributed by atoms with van der Waals surface area (Å²) < 4.78 is 16.7. The summed E-state index contributed by atoms with van der Waals surface area (Å²) in [6.07, 6.45) is 84.3. The molecule has 1 atom stereocenters. The van der Waals surface area contributed by atoms with Gasteiger partial charge in [-0.05, 0) is 122 Å². The minimum Gasteiger partial charge on any atom is -0.462 e. The number of carbonyl (C=O) groups is 3. The van der Waals surface area contributed by atoms with Crippen molar-refractivity contribution >= 4 is 17.9 Å². The van der Waals surface area contributed by atoms with Gasteiger partial charge in [0.25, 0.3) is 0 Å². The lowest BCUT2D eigenvalue weighted by Crippen LogP contribution is -2.30. The predicted octanol–water partition coefficient (Wildman–Crippen LogP) is 19.6. The molecule has 0 fully saturated rings. The molecule has 0 N–H and O–H groups in total. The third-order valence-electron chi connectivity index (χ3n) is 11.6. The molecule has 0 spiro atoms. The van der Waals surface area contributed by atoms with Crippen LogP contribution in [0.1, 0.15) is 233 Å². The smallest absolute Gasteiger partial charge is 0.306 e.